The van der Waals surface area contributed by atoms with Gasteiger partial charge in [-0.05, 0) is 77.0 Å². The molecule has 0 N–H and O–H groups in total. The number of hydrogen-bond acceptors (Lipinski definition) is 6. The van der Waals surface area contributed by atoms with E-state index in [0.29, 0.717) is 19.3 Å². The van der Waals surface area contributed by atoms with Crippen LogP contribution in [0, 0.1) is 0 Å². The van der Waals surface area contributed by atoms with Crippen LogP contribution >= 0.6 is 0 Å². The van der Waals surface area contributed by atoms with E-state index in [-0.39, 0.29) is 37.5 Å². The second-order valence-corrected chi connectivity index (χ2v) is 18.2. The van der Waals surface area contributed by atoms with E-state index in [1.54, 1.807) is 0 Å². The van der Waals surface area contributed by atoms with E-state index >= 15 is 0 Å². The Hall–Kier alpha value is -3.41. The van der Waals surface area contributed by atoms with Crippen LogP contribution in [0.2, 0.25) is 0 Å². The highest BCUT2D eigenvalue weighted by Gasteiger charge is 2.19. The van der Waals surface area contributed by atoms with Gasteiger partial charge in [-0.25, -0.2) is 0 Å². The van der Waals surface area contributed by atoms with E-state index in [4.69, 9.17) is 14.2 Å². The summed E-state index contributed by atoms with van der Waals surface area (Å²) in [6.45, 7) is 6.54. The number of ether oxygens (including phenoxy) is 3. The van der Waals surface area contributed by atoms with Crippen molar-refractivity contribution in [3.8, 4) is 0 Å². The number of esters is 3. The van der Waals surface area contributed by atoms with Crippen molar-refractivity contribution in [3.63, 3.8) is 0 Å². The molecule has 0 amide bonds. The highest BCUT2D eigenvalue weighted by Crippen LogP contribution is 2.15. The lowest BCUT2D eigenvalue weighted by Crippen LogP contribution is -2.30. The van der Waals surface area contributed by atoms with Gasteiger partial charge < -0.3 is 14.2 Å². The van der Waals surface area contributed by atoms with Crippen LogP contribution in [0.1, 0.15) is 258 Å². The van der Waals surface area contributed by atoms with Crippen LogP contribution in [0.5, 0.6) is 0 Å². The standard InChI is InChI=1S/C60H102O6/c1-4-7-10-13-16-19-22-25-27-29-31-32-35-38-41-44-47-50-53-59(62)65-56-57(55-64-58(61)52-49-46-43-40-37-34-24-21-18-15-12-9-6-3)66-60(63)54-51-48-45-42-39-36-33-30-28-26-23-20-17-14-11-8-5-2/h16,19,22,25-29,31-33,36,42,45,57H,4-15,17-18,20-21,23-24,30,34-35,37-41,43-44,46-56H2,1-3H3/b19-16-,25-22-,28-26-,29-27-,32-31-,36-33-,45-42-. The zero-order valence-electron chi connectivity index (χ0n) is 43.2. The SMILES string of the molecule is CCCCC\C=C/C=C\C=C/C=C\CCCCCCCC(=O)OCC(COC(=O)CCCCCCCCCCCCCCC)OC(=O)CCC/C=C\C/C=C\C/C=C\CCCCCCCC. The van der Waals surface area contributed by atoms with Crippen molar-refractivity contribution in [2.45, 2.75) is 264 Å². The van der Waals surface area contributed by atoms with E-state index in [0.717, 1.165) is 83.5 Å². The predicted octanol–water partition coefficient (Wildman–Crippen LogP) is 18.4. The first-order valence-electron chi connectivity index (χ1n) is 27.6. The molecule has 1 unspecified atom stereocenters. The van der Waals surface area contributed by atoms with E-state index in [1.165, 1.54) is 128 Å². The van der Waals surface area contributed by atoms with Crippen LogP contribution in [-0.4, -0.2) is 37.2 Å². The van der Waals surface area contributed by atoms with Crippen molar-refractivity contribution in [2.24, 2.45) is 0 Å². The van der Waals surface area contributed by atoms with E-state index < -0.39 is 6.10 Å². The van der Waals surface area contributed by atoms with Gasteiger partial charge in [0.05, 0.1) is 0 Å². The van der Waals surface area contributed by atoms with Crippen LogP contribution in [-0.2, 0) is 28.6 Å². The highest BCUT2D eigenvalue weighted by atomic mass is 16.6. The quantitative estimate of drug-likeness (QED) is 0.0199. The summed E-state index contributed by atoms with van der Waals surface area (Å²) in [5.74, 6) is -0.976. The van der Waals surface area contributed by atoms with Crippen LogP contribution in [0.25, 0.3) is 0 Å². The third-order valence-electron chi connectivity index (χ3n) is 11.7. The molecule has 0 aliphatic carbocycles. The molecule has 0 saturated carbocycles. The lowest BCUT2D eigenvalue weighted by atomic mass is 10.0. The molecule has 0 bridgehead atoms. The molecule has 0 aromatic rings. The monoisotopic (exact) mass is 919 g/mol. The maximum atomic E-state index is 12.8. The number of rotatable bonds is 49. The Kier molecular flexibility index (Phi) is 51.4. The minimum atomic E-state index is -0.811. The summed E-state index contributed by atoms with van der Waals surface area (Å²) >= 11 is 0. The largest absolute Gasteiger partial charge is 0.462 e. The molecule has 0 heterocycles. The van der Waals surface area contributed by atoms with Gasteiger partial charge in [0.15, 0.2) is 6.10 Å². The first kappa shape index (κ1) is 62.6. The summed E-state index contributed by atoms with van der Waals surface area (Å²) < 4.78 is 16.8. The summed E-state index contributed by atoms with van der Waals surface area (Å²) in [6, 6.07) is 0. The number of carbonyl (C=O) groups is 3. The van der Waals surface area contributed by atoms with E-state index in [1.807, 2.05) is 0 Å². The Balaban J connectivity index is 4.51. The van der Waals surface area contributed by atoms with Gasteiger partial charge in [0.2, 0.25) is 0 Å². The summed E-state index contributed by atoms with van der Waals surface area (Å²) in [4.78, 5) is 38.0. The number of hydrogen-bond donors (Lipinski definition) is 0. The minimum Gasteiger partial charge on any atom is -0.462 e. The molecule has 0 aromatic carbocycles. The van der Waals surface area contributed by atoms with Gasteiger partial charge in [-0.3, -0.25) is 14.4 Å². The van der Waals surface area contributed by atoms with Crippen molar-refractivity contribution >= 4 is 17.9 Å². The molecular formula is C60H102O6. The van der Waals surface area contributed by atoms with Crippen molar-refractivity contribution in [1.29, 1.82) is 0 Å². The summed E-state index contributed by atoms with van der Waals surface area (Å²) in [6.07, 6.45) is 70.0. The summed E-state index contributed by atoms with van der Waals surface area (Å²) in [5.41, 5.74) is 0. The fourth-order valence-corrected chi connectivity index (χ4v) is 7.53. The number of unbranched alkanes of at least 4 members (excludes halogenated alkanes) is 27. The molecule has 378 valence electrons. The lowest BCUT2D eigenvalue weighted by molar-refractivity contribution is -0.167. The topological polar surface area (TPSA) is 78.9 Å². The number of carbonyl (C=O) groups excluding carboxylic acids is 3. The van der Waals surface area contributed by atoms with Gasteiger partial charge in [0.1, 0.15) is 13.2 Å². The first-order chi connectivity index (χ1) is 32.5. The average molecular weight is 919 g/mol. The number of allylic oxidation sites excluding steroid dienone is 14. The van der Waals surface area contributed by atoms with Crippen molar-refractivity contribution in [3.05, 3.63) is 85.1 Å². The Morgan fingerprint density at radius 2 is 0.621 bits per heavy atom. The Bertz CT molecular complexity index is 1290. The van der Waals surface area contributed by atoms with Crippen LogP contribution in [0.4, 0.5) is 0 Å². The maximum Gasteiger partial charge on any atom is 0.306 e. The molecule has 0 rings (SSSR count). The predicted molar refractivity (Wildman–Crippen MR) is 284 cm³/mol. The zero-order valence-corrected chi connectivity index (χ0v) is 43.2. The van der Waals surface area contributed by atoms with E-state index in [9.17, 15) is 14.4 Å². The second kappa shape index (κ2) is 54.2. The molecule has 0 spiro atoms. The van der Waals surface area contributed by atoms with Gasteiger partial charge in [-0.1, -0.05) is 247 Å². The van der Waals surface area contributed by atoms with Crippen LogP contribution in [0.15, 0.2) is 85.1 Å². The third kappa shape index (κ3) is 51.6. The minimum absolute atomic E-state index is 0.103. The molecule has 0 aliphatic rings. The van der Waals surface area contributed by atoms with Crippen LogP contribution in [0.3, 0.4) is 0 Å². The van der Waals surface area contributed by atoms with Crippen molar-refractivity contribution in [2.75, 3.05) is 13.2 Å². The average Bonchev–Trinajstić information content (AvgIpc) is 3.31. The van der Waals surface area contributed by atoms with Gasteiger partial charge >= 0.3 is 17.9 Å². The molecule has 6 nitrogen and oxygen atoms in total. The molecule has 0 saturated heterocycles. The molecule has 0 aliphatic heterocycles. The maximum absolute atomic E-state index is 12.8. The van der Waals surface area contributed by atoms with Gasteiger partial charge in [0.25, 0.3) is 0 Å². The highest BCUT2D eigenvalue weighted by molar-refractivity contribution is 5.71. The molecule has 6 heteroatoms. The normalized spacial score (nSPS) is 12.7. The Morgan fingerprint density at radius 3 is 1.06 bits per heavy atom. The smallest absolute Gasteiger partial charge is 0.306 e. The second-order valence-electron chi connectivity index (χ2n) is 18.2. The van der Waals surface area contributed by atoms with E-state index in [2.05, 4.69) is 106 Å². The molecule has 0 radical (unpaired) electrons. The van der Waals surface area contributed by atoms with Crippen molar-refractivity contribution in [1.82, 2.24) is 0 Å². The van der Waals surface area contributed by atoms with Crippen molar-refractivity contribution < 1.29 is 28.6 Å². The van der Waals surface area contributed by atoms with Crippen LogP contribution < -0.4 is 0 Å². The first-order valence-corrected chi connectivity index (χ1v) is 27.6. The molecule has 0 aromatic heterocycles. The van der Waals surface area contributed by atoms with Gasteiger partial charge in [-0.15, -0.1) is 0 Å². The fraction of sp³-hybridized carbons (Fsp3) is 0.717. The third-order valence-corrected chi connectivity index (χ3v) is 11.7. The zero-order chi connectivity index (χ0) is 47.9. The summed E-state index contributed by atoms with van der Waals surface area (Å²) in [7, 11) is 0. The van der Waals surface area contributed by atoms with Gasteiger partial charge in [-0.2, -0.15) is 0 Å². The Morgan fingerprint density at radius 1 is 0.318 bits per heavy atom. The fourth-order valence-electron chi connectivity index (χ4n) is 7.53. The summed E-state index contributed by atoms with van der Waals surface area (Å²) in [5, 5.41) is 0. The molecular weight excluding hydrogens is 817 g/mol. The lowest BCUT2D eigenvalue weighted by Gasteiger charge is -2.18. The molecule has 1 atom stereocenters. The molecule has 0 fully saturated rings. The van der Waals surface area contributed by atoms with Gasteiger partial charge in [0, 0.05) is 19.3 Å². The molecule has 66 heavy (non-hydrogen) atoms. The Labute approximate surface area is 407 Å².